The largest absolute Gasteiger partial charge is 0.478 e. The molecule has 228 valence electrons. The van der Waals surface area contributed by atoms with Gasteiger partial charge >= 0.3 is 5.97 Å². The number of hydrogen-bond donors (Lipinski definition) is 1. The highest BCUT2D eigenvalue weighted by atomic mass is 35.5. The van der Waals surface area contributed by atoms with Gasteiger partial charge in [0.1, 0.15) is 11.6 Å². The summed E-state index contributed by atoms with van der Waals surface area (Å²) in [6.07, 6.45) is 4.81. The van der Waals surface area contributed by atoms with E-state index >= 15 is 4.39 Å². The van der Waals surface area contributed by atoms with Gasteiger partial charge in [-0.05, 0) is 93.6 Å². The van der Waals surface area contributed by atoms with E-state index in [0.717, 1.165) is 80.0 Å². The number of para-hydroxylation sites is 1. The van der Waals surface area contributed by atoms with Gasteiger partial charge in [-0.15, -0.1) is 0 Å². The third-order valence-electron chi connectivity index (χ3n) is 9.59. The first-order valence-electron chi connectivity index (χ1n) is 15.4. The van der Waals surface area contributed by atoms with Crippen LogP contribution in [0.4, 0.5) is 4.39 Å². The van der Waals surface area contributed by atoms with E-state index in [9.17, 15) is 9.90 Å². The van der Waals surface area contributed by atoms with Crippen LogP contribution in [-0.4, -0.2) is 51.3 Å². The van der Waals surface area contributed by atoms with Gasteiger partial charge < -0.3 is 23.9 Å². The molecule has 1 aromatic heterocycles. The van der Waals surface area contributed by atoms with Crippen LogP contribution in [0.3, 0.4) is 0 Å². The summed E-state index contributed by atoms with van der Waals surface area (Å²) >= 11 is 6.06. The fraction of sp³-hybridized carbons (Fsp3) is 0.412. The number of halogens is 2. The van der Waals surface area contributed by atoms with E-state index in [1.807, 2.05) is 12.1 Å². The summed E-state index contributed by atoms with van der Waals surface area (Å²) in [5, 5.41) is 9.90. The molecule has 1 aliphatic carbocycles. The van der Waals surface area contributed by atoms with Gasteiger partial charge in [-0.3, -0.25) is 4.90 Å². The number of imidazole rings is 1. The lowest BCUT2D eigenvalue weighted by molar-refractivity contribution is -0.109. The lowest BCUT2D eigenvalue weighted by atomic mass is 9.88. The molecule has 8 nitrogen and oxygen atoms in total. The van der Waals surface area contributed by atoms with Crippen LogP contribution in [0.2, 0.25) is 5.02 Å². The highest BCUT2D eigenvalue weighted by Gasteiger charge is 2.57. The second-order valence-corrected chi connectivity index (χ2v) is 12.9. The molecule has 4 heterocycles. The number of piperidine rings is 1. The van der Waals surface area contributed by atoms with Crippen molar-refractivity contribution < 1.29 is 28.5 Å². The number of fused-ring (bicyclic) bond motifs is 2. The van der Waals surface area contributed by atoms with E-state index in [4.69, 9.17) is 30.8 Å². The standard InChI is InChI=1S/C34H33ClFN3O5/c35-23-7-8-26(27(36)17-23)34(22-5-6-22)43-30-3-1-2-25(32(30)44-34)20-10-13-38(14-11-20)19-31-37-28-9-4-21(33(40)41)16-29(28)39(31)18-24-12-15-42-24/h1-4,7-9,16-17,20,22,24H,5-6,10-15,18-19H2,(H,40,41)/t24-,34+/m0/s1. The highest BCUT2D eigenvalue weighted by Crippen LogP contribution is 2.57. The van der Waals surface area contributed by atoms with Gasteiger partial charge in [0.05, 0.1) is 41.4 Å². The molecule has 3 fully saturated rings. The zero-order valence-corrected chi connectivity index (χ0v) is 24.9. The van der Waals surface area contributed by atoms with Crippen LogP contribution < -0.4 is 9.47 Å². The van der Waals surface area contributed by atoms with Crippen LogP contribution in [0, 0.1) is 11.7 Å². The first kappa shape index (κ1) is 27.9. The first-order chi connectivity index (χ1) is 21.4. The lowest BCUT2D eigenvalue weighted by Crippen LogP contribution is -2.39. The van der Waals surface area contributed by atoms with Crippen molar-refractivity contribution >= 4 is 28.6 Å². The molecule has 44 heavy (non-hydrogen) atoms. The van der Waals surface area contributed by atoms with Gasteiger partial charge in [0.2, 0.25) is 0 Å². The molecule has 10 heteroatoms. The molecular weight excluding hydrogens is 585 g/mol. The number of benzene rings is 3. The average Bonchev–Trinajstić information content (AvgIpc) is 3.69. The van der Waals surface area contributed by atoms with Crippen molar-refractivity contribution in [2.75, 3.05) is 19.7 Å². The number of hydrogen-bond acceptors (Lipinski definition) is 6. The fourth-order valence-corrected chi connectivity index (χ4v) is 7.13. The number of ether oxygens (including phenoxy) is 3. The summed E-state index contributed by atoms with van der Waals surface area (Å²) in [4.78, 5) is 19.0. The first-order valence-corrected chi connectivity index (χ1v) is 15.8. The van der Waals surface area contributed by atoms with Crippen molar-refractivity contribution in [1.29, 1.82) is 0 Å². The Hall–Kier alpha value is -3.66. The zero-order chi connectivity index (χ0) is 30.0. The Balaban J connectivity index is 1.01. The average molecular weight is 618 g/mol. The topological polar surface area (TPSA) is 86.0 Å². The Morgan fingerprint density at radius 1 is 1.05 bits per heavy atom. The number of aromatic nitrogens is 2. The van der Waals surface area contributed by atoms with Crippen LogP contribution in [0.25, 0.3) is 11.0 Å². The van der Waals surface area contributed by atoms with Crippen molar-refractivity contribution in [3.05, 3.63) is 88.0 Å². The maximum atomic E-state index is 15.2. The van der Waals surface area contributed by atoms with Gasteiger partial charge in [0.15, 0.2) is 11.5 Å². The zero-order valence-electron chi connectivity index (χ0n) is 24.2. The molecule has 0 amide bonds. The normalized spacial score (nSPS) is 23.6. The molecule has 1 N–H and O–H groups in total. The molecule has 0 bridgehead atoms. The molecule has 3 aromatic carbocycles. The number of aromatic carboxylic acids is 1. The third-order valence-corrected chi connectivity index (χ3v) is 9.83. The predicted octanol–water partition coefficient (Wildman–Crippen LogP) is 6.73. The minimum absolute atomic E-state index is 0.0800. The minimum atomic E-state index is -1.17. The van der Waals surface area contributed by atoms with Gasteiger partial charge in [-0.25, -0.2) is 14.2 Å². The number of carbonyl (C=O) groups is 1. The van der Waals surface area contributed by atoms with Gasteiger partial charge in [-0.1, -0.05) is 23.7 Å². The monoisotopic (exact) mass is 617 g/mol. The van der Waals surface area contributed by atoms with Gasteiger partial charge in [-0.2, -0.15) is 0 Å². The fourth-order valence-electron chi connectivity index (χ4n) is 6.98. The SMILES string of the molecule is O=C(O)c1ccc2nc(CN3CCC(c4cccc5c4O[C@@](c4ccc(Cl)cc4F)(C4CC4)O5)CC3)n(C[C@@H]3CCO3)c2c1. The summed E-state index contributed by atoms with van der Waals surface area (Å²) in [5.74, 6) is 0.137. The van der Waals surface area contributed by atoms with E-state index in [-0.39, 0.29) is 23.5 Å². The molecule has 0 spiro atoms. The smallest absolute Gasteiger partial charge is 0.335 e. The van der Waals surface area contributed by atoms with Crippen molar-refractivity contribution in [3.8, 4) is 11.5 Å². The van der Waals surface area contributed by atoms with E-state index in [0.29, 0.717) is 29.4 Å². The van der Waals surface area contributed by atoms with Gasteiger partial charge in [0.25, 0.3) is 5.79 Å². The minimum Gasteiger partial charge on any atom is -0.478 e. The molecule has 1 saturated carbocycles. The summed E-state index contributed by atoms with van der Waals surface area (Å²) in [6, 6.07) is 15.9. The van der Waals surface area contributed by atoms with Crippen LogP contribution >= 0.6 is 11.6 Å². The molecular formula is C34H33ClFN3O5. The Bertz CT molecular complexity index is 1760. The van der Waals surface area contributed by atoms with E-state index in [2.05, 4.69) is 15.5 Å². The molecule has 2 atom stereocenters. The van der Waals surface area contributed by atoms with E-state index < -0.39 is 17.6 Å². The molecule has 3 aliphatic heterocycles. The Morgan fingerprint density at radius 3 is 2.57 bits per heavy atom. The lowest BCUT2D eigenvalue weighted by Gasteiger charge is -2.33. The predicted molar refractivity (Wildman–Crippen MR) is 162 cm³/mol. The maximum Gasteiger partial charge on any atom is 0.335 e. The molecule has 8 rings (SSSR count). The number of carboxylic acids is 1. The number of carboxylic acid groups (broad SMARTS) is 1. The summed E-state index contributed by atoms with van der Waals surface area (Å²) in [5.41, 5.74) is 3.39. The van der Waals surface area contributed by atoms with Crippen molar-refractivity contribution in [2.24, 2.45) is 5.92 Å². The molecule has 4 aliphatic rings. The second kappa shape index (κ2) is 10.8. The van der Waals surface area contributed by atoms with Crippen molar-refractivity contribution in [1.82, 2.24) is 14.5 Å². The Labute approximate surface area is 259 Å². The van der Waals surface area contributed by atoms with E-state index in [1.54, 1.807) is 30.3 Å². The maximum absolute atomic E-state index is 15.2. The number of rotatable bonds is 8. The molecule has 0 unspecified atom stereocenters. The quantitative estimate of drug-likeness (QED) is 0.235. The molecule has 4 aromatic rings. The third kappa shape index (κ3) is 4.82. The van der Waals surface area contributed by atoms with Gasteiger partial charge in [0, 0.05) is 23.1 Å². The van der Waals surface area contributed by atoms with Crippen LogP contribution in [0.15, 0.2) is 54.6 Å². The van der Waals surface area contributed by atoms with Crippen LogP contribution in [0.5, 0.6) is 11.5 Å². The molecule has 0 radical (unpaired) electrons. The summed E-state index contributed by atoms with van der Waals surface area (Å²) in [7, 11) is 0. The highest BCUT2D eigenvalue weighted by molar-refractivity contribution is 6.30. The Kier molecular flexibility index (Phi) is 6.81. The summed E-state index contributed by atoms with van der Waals surface area (Å²) < 4.78 is 36.2. The second-order valence-electron chi connectivity index (χ2n) is 12.4. The number of nitrogens with zero attached hydrogens (tertiary/aromatic N) is 3. The molecule has 2 saturated heterocycles. The van der Waals surface area contributed by atoms with Crippen LogP contribution in [0.1, 0.15) is 65.3 Å². The van der Waals surface area contributed by atoms with Crippen molar-refractivity contribution in [2.45, 2.75) is 63.0 Å². The van der Waals surface area contributed by atoms with E-state index in [1.165, 1.54) is 6.07 Å². The number of likely N-dealkylation sites (tertiary alicyclic amines) is 1. The van der Waals surface area contributed by atoms with Crippen molar-refractivity contribution in [3.63, 3.8) is 0 Å². The Morgan fingerprint density at radius 2 is 1.86 bits per heavy atom. The van der Waals surface area contributed by atoms with Crippen LogP contribution in [-0.2, 0) is 23.6 Å². The summed E-state index contributed by atoms with van der Waals surface area (Å²) in [6.45, 7) is 3.84.